The summed E-state index contributed by atoms with van der Waals surface area (Å²) in [7, 11) is 0. The molecule has 0 radical (unpaired) electrons. The number of H-pyrrole nitrogens is 1. The molecule has 0 amide bonds. The molecule has 3 aromatic rings. The maximum absolute atomic E-state index is 13.0. The smallest absolute Gasteiger partial charge is 0.183 e. The molecule has 3 rings (SSSR count). The van der Waals surface area contributed by atoms with Crippen LogP contribution in [-0.2, 0) is 0 Å². The maximum atomic E-state index is 13.0. The molecule has 6 heteroatoms. The third-order valence-electron chi connectivity index (χ3n) is 2.20. The van der Waals surface area contributed by atoms with Gasteiger partial charge in [-0.15, -0.1) is 11.3 Å². The zero-order chi connectivity index (χ0) is 11.7. The number of pyridine rings is 1. The van der Waals surface area contributed by atoms with Gasteiger partial charge < -0.3 is 0 Å². The van der Waals surface area contributed by atoms with E-state index in [1.54, 1.807) is 11.3 Å². The lowest BCUT2D eigenvalue weighted by Gasteiger charge is -1.93. The summed E-state index contributed by atoms with van der Waals surface area (Å²) in [5, 5.41) is 8.83. The highest BCUT2D eigenvalue weighted by atomic mass is 32.1. The second-order valence-corrected chi connectivity index (χ2v) is 4.32. The summed E-state index contributed by atoms with van der Waals surface area (Å²) in [4.78, 5) is 9.06. The maximum Gasteiger partial charge on any atom is 0.183 e. The summed E-state index contributed by atoms with van der Waals surface area (Å²) >= 11 is 1.56. The second-order valence-electron chi connectivity index (χ2n) is 3.38. The third-order valence-corrected chi connectivity index (χ3v) is 3.08. The Morgan fingerprint density at radius 1 is 1.29 bits per heavy atom. The van der Waals surface area contributed by atoms with E-state index in [-0.39, 0.29) is 0 Å². The minimum absolute atomic E-state index is 0.398. The van der Waals surface area contributed by atoms with Gasteiger partial charge in [-0.1, -0.05) is 6.07 Å². The van der Waals surface area contributed by atoms with Gasteiger partial charge in [-0.2, -0.15) is 5.10 Å². The van der Waals surface area contributed by atoms with Gasteiger partial charge in [0.05, 0.1) is 11.1 Å². The Labute approximate surface area is 100 Å². The molecule has 17 heavy (non-hydrogen) atoms. The van der Waals surface area contributed by atoms with Crippen LogP contribution in [0.5, 0.6) is 0 Å². The van der Waals surface area contributed by atoms with E-state index in [1.165, 1.54) is 12.3 Å². The van der Waals surface area contributed by atoms with Crippen molar-refractivity contribution in [1.82, 2.24) is 20.2 Å². The molecule has 0 aromatic carbocycles. The number of aromatic nitrogens is 4. The molecule has 0 aliphatic carbocycles. The highest BCUT2D eigenvalue weighted by molar-refractivity contribution is 7.13. The first-order valence-corrected chi connectivity index (χ1v) is 5.78. The molecular formula is C11H7FN4S. The lowest BCUT2D eigenvalue weighted by Crippen LogP contribution is -1.84. The number of thiophene rings is 1. The lowest BCUT2D eigenvalue weighted by atomic mass is 10.3. The fraction of sp³-hybridized carbons (Fsp3) is 0. The molecule has 84 valence electrons. The Morgan fingerprint density at radius 2 is 2.24 bits per heavy atom. The fourth-order valence-corrected chi connectivity index (χ4v) is 2.11. The highest BCUT2D eigenvalue weighted by Crippen LogP contribution is 2.23. The average molecular weight is 246 g/mol. The quantitative estimate of drug-likeness (QED) is 0.756. The topological polar surface area (TPSA) is 54.5 Å². The minimum Gasteiger partial charge on any atom is -0.261 e. The van der Waals surface area contributed by atoms with Crippen molar-refractivity contribution in [3.05, 3.63) is 41.8 Å². The molecule has 0 unspecified atom stereocenters. The number of rotatable bonds is 2. The summed E-state index contributed by atoms with van der Waals surface area (Å²) in [6.45, 7) is 0. The fourth-order valence-electron chi connectivity index (χ4n) is 1.45. The van der Waals surface area contributed by atoms with Crippen molar-refractivity contribution >= 4 is 11.3 Å². The Kier molecular flexibility index (Phi) is 2.41. The summed E-state index contributed by atoms with van der Waals surface area (Å²) < 4.78 is 13.0. The molecule has 1 N–H and O–H groups in total. The van der Waals surface area contributed by atoms with E-state index in [0.717, 1.165) is 11.1 Å². The normalized spacial score (nSPS) is 10.6. The lowest BCUT2D eigenvalue weighted by molar-refractivity contribution is 0.622. The minimum atomic E-state index is -0.398. The zero-order valence-electron chi connectivity index (χ0n) is 8.59. The van der Waals surface area contributed by atoms with E-state index >= 15 is 0 Å². The van der Waals surface area contributed by atoms with Gasteiger partial charge in [0.2, 0.25) is 0 Å². The average Bonchev–Trinajstić information content (AvgIpc) is 3.00. The summed E-state index contributed by atoms with van der Waals surface area (Å²) in [5.41, 5.74) is 0.559. The first kappa shape index (κ1) is 10.1. The van der Waals surface area contributed by atoms with Crippen molar-refractivity contribution in [1.29, 1.82) is 0 Å². The molecule has 0 aliphatic rings. The van der Waals surface area contributed by atoms with Crippen molar-refractivity contribution < 1.29 is 4.39 Å². The van der Waals surface area contributed by atoms with Crippen LogP contribution in [0.2, 0.25) is 0 Å². The van der Waals surface area contributed by atoms with Crippen LogP contribution in [0.25, 0.3) is 22.1 Å². The molecule has 0 aliphatic heterocycles. The zero-order valence-corrected chi connectivity index (χ0v) is 9.41. The highest BCUT2D eigenvalue weighted by Gasteiger charge is 2.09. The first-order chi connectivity index (χ1) is 8.33. The van der Waals surface area contributed by atoms with Gasteiger partial charge in [0.25, 0.3) is 0 Å². The molecular weight excluding hydrogens is 239 g/mol. The van der Waals surface area contributed by atoms with Gasteiger partial charge in [0.1, 0.15) is 5.82 Å². The van der Waals surface area contributed by atoms with Crippen molar-refractivity contribution in [2.45, 2.75) is 0 Å². The molecule has 0 bridgehead atoms. The van der Waals surface area contributed by atoms with E-state index in [9.17, 15) is 4.39 Å². The van der Waals surface area contributed by atoms with Crippen LogP contribution in [-0.4, -0.2) is 20.2 Å². The molecule has 3 heterocycles. The Bertz CT molecular complexity index is 632. The first-order valence-electron chi connectivity index (χ1n) is 4.90. The summed E-state index contributed by atoms with van der Waals surface area (Å²) in [6.07, 6.45) is 2.68. The van der Waals surface area contributed by atoms with Crippen LogP contribution >= 0.6 is 11.3 Å². The Hall–Kier alpha value is -2.08. The van der Waals surface area contributed by atoms with Crippen LogP contribution in [0.1, 0.15) is 0 Å². The number of halogens is 1. The monoisotopic (exact) mass is 246 g/mol. The van der Waals surface area contributed by atoms with Crippen LogP contribution in [0.4, 0.5) is 4.39 Å². The van der Waals surface area contributed by atoms with E-state index < -0.39 is 5.82 Å². The van der Waals surface area contributed by atoms with Crippen LogP contribution in [0.15, 0.2) is 36.0 Å². The standard InChI is InChI=1S/C11H7FN4S/c12-8-4-7(5-13-6-8)10-14-11(16-15-10)9-2-1-3-17-9/h1-6H,(H,14,15,16). The Balaban J connectivity index is 2.01. The van der Waals surface area contributed by atoms with Gasteiger partial charge in [-0.3, -0.25) is 10.1 Å². The van der Waals surface area contributed by atoms with Crippen LogP contribution in [0, 0.1) is 5.82 Å². The van der Waals surface area contributed by atoms with Crippen molar-refractivity contribution in [3.63, 3.8) is 0 Å². The summed E-state index contributed by atoms with van der Waals surface area (Å²) in [6, 6.07) is 5.24. The second kappa shape index (κ2) is 4.06. The number of nitrogens with one attached hydrogen (secondary N) is 1. The molecule has 0 saturated heterocycles. The van der Waals surface area contributed by atoms with Gasteiger partial charge in [-0.05, 0) is 17.5 Å². The Morgan fingerprint density at radius 3 is 3.00 bits per heavy atom. The third kappa shape index (κ3) is 1.94. The van der Waals surface area contributed by atoms with Crippen LogP contribution < -0.4 is 0 Å². The van der Waals surface area contributed by atoms with Gasteiger partial charge in [0, 0.05) is 11.8 Å². The largest absolute Gasteiger partial charge is 0.261 e. The number of hydrogen-bond donors (Lipinski definition) is 1. The summed E-state index contributed by atoms with van der Waals surface area (Å²) in [5.74, 6) is 0.727. The number of nitrogens with zero attached hydrogens (tertiary/aromatic N) is 3. The van der Waals surface area contributed by atoms with Gasteiger partial charge in [-0.25, -0.2) is 9.37 Å². The van der Waals surface area contributed by atoms with Gasteiger partial charge in [0.15, 0.2) is 11.6 Å². The molecule has 0 fully saturated rings. The molecule has 0 spiro atoms. The van der Waals surface area contributed by atoms with Crippen molar-refractivity contribution in [3.8, 4) is 22.1 Å². The molecule has 3 aromatic heterocycles. The van der Waals surface area contributed by atoms with Crippen molar-refractivity contribution in [2.24, 2.45) is 0 Å². The number of hydrogen-bond acceptors (Lipinski definition) is 4. The van der Waals surface area contributed by atoms with Crippen molar-refractivity contribution in [2.75, 3.05) is 0 Å². The molecule has 4 nitrogen and oxygen atoms in total. The molecule has 0 saturated carbocycles. The van der Waals surface area contributed by atoms with E-state index in [1.807, 2.05) is 17.5 Å². The van der Waals surface area contributed by atoms with Gasteiger partial charge >= 0.3 is 0 Å². The van der Waals surface area contributed by atoms with E-state index in [4.69, 9.17) is 0 Å². The number of aromatic amines is 1. The predicted molar refractivity (Wildman–Crippen MR) is 62.9 cm³/mol. The SMILES string of the molecule is Fc1cncc(-c2n[nH]c(-c3cccs3)n2)c1. The van der Waals surface area contributed by atoms with E-state index in [2.05, 4.69) is 20.2 Å². The van der Waals surface area contributed by atoms with Crippen LogP contribution in [0.3, 0.4) is 0 Å². The molecule has 0 atom stereocenters. The predicted octanol–water partition coefficient (Wildman–Crippen LogP) is 2.73. The van der Waals surface area contributed by atoms with E-state index in [0.29, 0.717) is 17.2 Å².